The lowest BCUT2D eigenvalue weighted by atomic mass is 10.00. The fraction of sp³-hybridized carbons (Fsp3) is 0.310. The van der Waals surface area contributed by atoms with Gasteiger partial charge in [-0.15, -0.1) is 0 Å². The summed E-state index contributed by atoms with van der Waals surface area (Å²) in [5, 5.41) is 0. The van der Waals surface area contributed by atoms with Gasteiger partial charge in [0.15, 0.2) is 23.7 Å². The Labute approximate surface area is 238 Å². The molecule has 0 spiro atoms. The molecule has 1 aliphatic rings. The van der Waals surface area contributed by atoms with Crippen molar-refractivity contribution in [1.29, 1.82) is 0 Å². The molecule has 1 heterocycles. The normalized spacial score (nSPS) is 17.8. The van der Waals surface area contributed by atoms with Crippen molar-refractivity contribution in [2.45, 2.75) is 38.3 Å². The number of rotatable bonds is 9. The summed E-state index contributed by atoms with van der Waals surface area (Å²) in [6.07, 6.45) is -9.33. The molecule has 0 saturated carbocycles. The minimum Gasteiger partial charge on any atom is -0.459 e. The molecule has 0 amide bonds. The molecule has 0 N–H and O–H groups in total. The van der Waals surface area contributed by atoms with Gasteiger partial charge in [0.05, 0.1) is 25.6 Å². The van der Waals surface area contributed by atoms with E-state index >= 15 is 0 Å². The highest BCUT2D eigenvalue weighted by atomic mass is 19.4. The van der Waals surface area contributed by atoms with E-state index in [9.17, 15) is 43.9 Å². The van der Waals surface area contributed by atoms with Gasteiger partial charge in [-0.2, -0.15) is 22.0 Å². The Morgan fingerprint density at radius 2 is 1.42 bits per heavy atom. The van der Waals surface area contributed by atoms with Crippen LogP contribution in [0.3, 0.4) is 0 Å². The molecule has 4 rings (SSSR count). The molecule has 3 aromatic rings. The predicted octanol–water partition coefficient (Wildman–Crippen LogP) is 9.09. The Morgan fingerprint density at radius 1 is 0.814 bits per heavy atom. The van der Waals surface area contributed by atoms with Gasteiger partial charge in [-0.25, -0.2) is 22.0 Å². The Balaban J connectivity index is 1.53. The van der Waals surface area contributed by atoms with E-state index in [1.165, 1.54) is 6.07 Å². The topological polar surface area (TPSA) is 36.9 Å². The summed E-state index contributed by atoms with van der Waals surface area (Å²) in [7, 11) is 0. The third-order valence-electron chi connectivity index (χ3n) is 6.23. The Bertz CT molecular complexity index is 1430. The molecule has 3 aromatic carbocycles. The standard InChI is InChI=1S/C29H22F10O4/c1-2-3-15-13-41-27(42-14-15)16-4-5-19(20(30)8-16)17-9-21(31)25(22(32)10-17)29(38,39)43-18-11-23(33)26(24(34)12-18)40-7-6-28(35,36)37/h4-12,15,27H,2-3,13-14H2,1H3. The molecule has 232 valence electrons. The maximum atomic E-state index is 14.9. The lowest BCUT2D eigenvalue weighted by Crippen LogP contribution is -2.27. The number of hydrogen-bond acceptors (Lipinski definition) is 4. The van der Waals surface area contributed by atoms with E-state index in [1.807, 2.05) is 6.92 Å². The molecule has 0 aliphatic carbocycles. The average molecular weight is 624 g/mol. The van der Waals surface area contributed by atoms with Crippen molar-refractivity contribution >= 4 is 0 Å². The van der Waals surface area contributed by atoms with Crippen LogP contribution in [0, 0.1) is 35.0 Å². The largest absolute Gasteiger partial charge is 0.459 e. The maximum Gasteiger partial charge on any atom is 0.432 e. The first kappa shape index (κ1) is 32.1. The molecule has 0 radical (unpaired) electrons. The highest BCUT2D eigenvalue weighted by Gasteiger charge is 2.42. The van der Waals surface area contributed by atoms with Crippen molar-refractivity contribution in [2.75, 3.05) is 13.2 Å². The molecule has 1 saturated heterocycles. The van der Waals surface area contributed by atoms with E-state index < -0.39 is 76.4 Å². The Kier molecular flexibility index (Phi) is 9.60. The second-order valence-corrected chi connectivity index (χ2v) is 9.50. The monoisotopic (exact) mass is 624 g/mol. The summed E-state index contributed by atoms with van der Waals surface area (Å²) in [6, 6.07) is 4.63. The minimum atomic E-state index is -4.87. The SMILES string of the molecule is CCCC1COC(c2ccc(-c3cc(F)c(C(F)(F)Oc4cc(F)c(OC=CC(F)(F)F)c(F)c4)c(F)c3)c(F)c2)OC1. The fourth-order valence-electron chi connectivity index (χ4n) is 4.32. The molecule has 0 unspecified atom stereocenters. The number of ether oxygens (including phenoxy) is 4. The quantitative estimate of drug-likeness (QED) is 0.176. The van der Waals surface area contributed by atoms with Crippen LogP contribution in [0.1, 0.15) is 37.2 Å². The van der Waals surface area contributed by atoms with Crippen molar-refractivity contribution in [3.05, 3.63) is 95.0 Å². The lowest BCUT2D eigenvalue weighted by Gasteiger charge is -2.29. The van der Waals surface area contributed by atoms with E-state index in [0.29, 0.717) is 30.9 Å². The maximum absolute atomic E-state index is 14.9. The average Bonchev–Trinajstić information content (AvgIpc) is 2.89. The molecule has 0 atom stereocenters. The molecule has 0 aromatic heterocycles. The van der Waals surface area contributed by atoms with E-state index in [2.05, 4.69) is 9.47 Å². The zero-order chi connectivity index (χ0) is 31.5. The summed E-state index contributed by atoms with van der Waals surface area (Å²) >= 11 is 0. The number of allylic oxidation sites excluding steroid dienone is 1. The van der Waals surface area contributed by atoms with Crippen molar-refractivity contribution in [3.8, 4) is 22.6 Å². The molecule has 1 aliphatic heterocycles. The molecule has 14 heteroatoms. The second kappa shape index (κ2) is 12.8. The van der Waals surface area contributed by atoms with Gasteiger partial charge in [-0.3, -0.25) is 0 Å². The first-order valence-corrected chi connectivity index (χ1v) is 12.7. The first-order valence-electron chi connectivity index (χ1n) is 12.7. The molecular weight excluding hydrogens is 602 g/mol. The lowest BCUT2D eigenvalue weighted by molar-refractivity contribution is -0.206. The van der Waals surface area contributed by atoms with Gasteiger partial charge in [0.2, 0.25) is 0 Å². The fourth-order valence-corrected chi connectivity index (χ4v) is 4.32. The van der Waals surface area contributed by atoms with Crippen LogP contribution in [0.2, 0.25) is 0 Å². The van der Waals surface area contributed by atoms with E-state index in [-0.39, 0.29) is 29.9 Å². The Hall–Kier alpha value is -3.78. The van der Waals surface area contributed by atoms with Gasteiger partial charge in [-0.05, 0) is 30.2 Å². The summed E-state index contributed by atoms with van der Waals surface area (Å²) in [5.41, 5.74) is -2.44. The van der Waals surface area contributed by atoms with Crippen LogP contribution in [0.4, 0.5) is 43.9 Å². The Morgan fingerprint density at radius 3 is 1.95 bits per heavy atom. The predicted molar refractivity (Wildman–Crippen MR) is 131 cm³/mol. The third-order valence-corrected chi connectivity index (χ3v) is 6.23. The number of halogens is 10. The van der Waals surface area contributed by atoms with Gasteiger partial charge < -0.3 is 18.9 Å². The second-order valence-electron chi connectivity index (χ2n) is 9.50. The molecule has 4 nitrogen and oxygen atoms in total. The zero-order valence-corrected chi connectivity index (χ0v) is 22.1. The van der Waals surface area contributed by atoms with Gasteiger partial charge >= 0.3 is 12.3 Å². The summed E-state index contributed by atoms with van der Waals surface area (Å²) in [6.45, 7) is 2.80. The van der Waals surface area contributed by atoms with Crippen molar-refractivity contribution < 1.29 is 62.9 Å². The highest BCUT2D eigenvalue weighted by molar-refractivity contribution is 5.65. The van der Waals surface area contributed by atoms with Gasteiger partial charge in [-0.1, -0.05) is 25.5 Å². The first-order chi connectivity index (χ1) is 20.2. The summed E-state index contributed by atoms with van der Waals surface area (Å²) in [4.78, 5) is 0. The van der Waals surface area contributed by atoms with Crippen LogP contribution in [0.25, 0.3) is 11.1 Å². The van der Waals surface area contributed by atoms with Crippen molar-refractivity contribution in [3.63, 3.8) is 0 Å². The highest BCUT2D eigenvalue weighted by Crippen LogP contribution is 2.39. The van der Waals surface area contributed by atoms with Crippen LogP contribution in [0.5, 0.6) is 11.5 Å². The smallest absolute Gasteiger partial charge is 0.432 e. The molecule has 1 fully saturated rings. The van der Waals surface area contributed by atoms with E-state index in [4.69, 9.17) is 9.47 Å². The summed E-state index contributed by atoms with van der Waals surface area (Å²) < 4.78 is 158. The van der Waals surface area contributed by atoms with Crippen LogP contribution in [-0.4, -0.2) is 19.4 Å². The molecular formula is C29H22F10O4. The third kappa shape index (κ3) is 7.79. The van der Waals surface area contributed by atoms with Crippen molar-refractivity contribution in [2.24, 2.45) is 5.92 Å². The van der Waals surface area contributed by atoms with Crippen LogP contribution < -0.4 is 9.47 Å². The minimum absolute atomic E-state index is 0.0839. The van der Waals surface area contributed by atoms with E-state index in [1.54, 1.807) is 0 Å². The number of alkyl halides is 5. The number of benzene rings is 3. The molecule has 0 bridgehead atoms. The van der Waals surface area contributed by atoms with Crippen molar-refractivity contribution in [1.82, 2.24) is 0 Å². The summed E-state index contributed by atoms with van der Waals surface area (Å²) in [5.74, 6) is -10.7. The molecule has 43 heavy (non-hydrogen) atoms. The van der Waals surface area contributed by atoms with E-state index in [0.717, 1.165) is 25.0 Å². The van der Waals surface area contributed by atoms with Gasteiger partial charge in [0.1, 0.15) is 28.8 Å². The van der Waals surface area contributed by atoms with Crippen LogP contribution in [0.15, 0.2) is 54.8 Å². The van der Waals surface area contributed by atoms with Gasteiger partial charge in [0, 0.05) is 29.2 Å². The van der Waals surface area contributed by atoms with Crippen LogP contribution in [-0.2, 0) is 15.6 Å². The zero-order valence-electron chi connectivity index (χ0n) is 22.1. The number of hydrogen-bond donors (Lipinski definition) is 0. The van der Waals surface area contributed by atoms with Crippen LogP contribution >= 0.6 is 0 Å². The van der Waals surface area contributed by atoms with Gasteiger partial charge in [0.25, 0.3) is 0 Å².